The lowest BCUT2D eigenvalue weighted by Gasteiger charge is -2.09. The van der Waals surface area contributed by atoms with Gasteiger partial charge in [-0.15, -0.1) is 0 Å². The van der Waals surface area contributed by atoms with Crippen molar-refractivity contribution in [3.63, 3.8) is 0 Å². The first kappa shape index (κ1) is 18.6. The highest BCUT2D eigenvalue weighted by atomic mass is 32.2. The Hall–Kier alpha value is -1.41. The van der Waals surface area contributed by atoms with Crippen LogP contribution in [0.4, 0.5) is 0 Å². The number of hydrogen-bond donors (Lipinski definition) is 1. The molecule has 0 spiro atoms. The van der Waals surface area contributed by atoms with Gasteiger partial charge in [-0.05, 0) is 23.4 Å². The summed E-state index contributed by atoms with van der Waals surface area (Å²) in [6, 6.07) is 15.7. The highest BCUT2D eigenvalue weighted by Crippen LogP contribution is 2.32. The minimum absolute atomic E-state index is 0.344. The number of phenolic OH excluding ortho intramolecular Hbond substituents is 1. The van der Waals surface area contributed by atoms with Gasteiger partial charge in [-0.1, -0.05) is 70.2 Å². The summed E-state index contributed by atoms with van der Waals surface area (Å²) in [7, 11) is 0. The van der Waals surface area contributed by atoms with Gasteiger partial charge in [0.1, 0.15) is 5.75 Å². The highest BCUT2D eigenvalue weighted by molar-refractivity contribution is 7.97. The molecule has 0 aliphatic heterocycles. The summed E-state index contributed by atoms with van der Waals surface area (Å²) in [5.41, 5.74) is 3.29. The highest BCUT2D eigenvalue weighted by Gasteiger charge is 2.07. The zero-order chi connectivity index (χ0) is 15.4. The standard InChI is InChI=1S/C14H14OS.2C2H6/c1-16-10-11-6-2-3-7-12(11)13-8-4-5-9-14(13)15;2*1-2/h2-9,15H,10H2,1H3;2*1-2H3. The van der Waals surface area contributed by atoms with E-state index in [9.17, 15) is 5.11 Å². The van der Waals surface area contributed by atoms with Crippen molar-refractivity contribution in [3.8, 4) is 16.9 Å². The molecule has 2 aromatic carbocycles. The molecule has 0 unspecified atom stereocenters. The first-order valence-electron chi connectivity index (χ1n) is 7.18. The summed E-state index contributed by atoms with van der Waals surface area (Å²) in [5.74, 6) is 1.31. The Labute approximate surface area is 128 Å². The lowest BCUT2D eigenvalue weighted by Crippen LogP contribution is -1.87. The van der Waals surface area contributed by atoms with Gasteiger partial charge in [-0.2, -0.15) is 11.8 Å². The lowest BCUT2D eigenvalue weighted by atomic mass is 10.00. The molecule has 0 amide bonds. The molecule has 0 heterocycles. The number of hydrogen-bond acceptors (Lipinski definition) is 2. The molecule has 0 atom stereocenters. The molecule has 2 heteroatoms. The van der Waals surface area contributed by atoms with E-state index >= 15 is 0 Å². The van der Waals surface area contributed by atoms with Crippen LogP contribution in [0.1, 0.15) is 33.3 Å². The maximum absolute atomic E-state index is 9.85. The van der Waals surface area contributed by atoms with Gasteiger partial charge < -0.3 is 5.11 Å². The van der Waals surface area contributed by atoms with E-state index in [0.717, 1.165) is 16.9 Å². The number of rotatable bonds is 3. The molecule has 0 aliphatic rings. The zero-order valence-corrected chi connectivity index (χ0v) is 14.0. The van der Waals surface area contributed by atoms with Crippen LogP contribution in [0.2, 0.25) is 0 Å². The Morgan fingerprint density at radius 2 is 1.30 bits per heavy atom. The van der Waals surface area contributed by atoms with E-state index in [0.29, 0.717) is 5.75 Å². The van der Waals surface area contributed by atoms with Crippen LogP contribution >= 0.6 is 11.8 Å². The molecule has 110 valence electrons. The quantitative estimate of drug-likeness (QED) is 0.751. The fraction of sp³-hybridized carbons (Fsp3) is 0.333. The third-order valence-electron chi connectivity index (χ3n) is 2.51. The van der Waals surface area contributed by atoms with Gasteiger partial charge in [-0.25, -0.2) is 0 Å². The van der Waals surface area contributed by atoms with Gasteiger partial charge in [0, 0.05) is 11.3 Å². The van der Waals surface area contributed by atoms with Crippen molar-refractivity contribution < 1.29 is 5.11 Å². The summed E-state index contributed by atoms with van der Waals surface area (Å²) < 4.78 is 0. The van der Waals surface area contributed by atoms with E-state index in [-0.39, 0.29) is 0 Å². The maximum Gasteiger partial charge on any atom is 0.123 e. The third kappa shape index (κ3) is 5.30. The van der Waals surface area contributed by atoms with Gasteiger partial charge in [0.2, 0.25) is 0 Å². The summed E-state index contributed by atoms with van der Waals surface area (Å²) in [6.07, 6.45) is 2.08. The SMILES string of the molecule is CC.CC.CSCc1ccccc1-c1ccccc1O. The lowest BCUT2D eigenvalue weighted by molar-refractivity contribution is 0.477. The average Bonchev–Trinajstić information content (AvgIpc) is 2.53. The Morgan fingerprint density at radius 1 is 0.800 bits per heavy atom. The second-order valence-corrected chi connectivity index (χ2v) is 4.47. The van der Waals surface area contributed by atoms with Crippen LogP contribution in [0, 0.1) is 0 Å². The van der Waals surface area contributed by atoms with Crippen molar-refractivity contribution in [2.24, 2.45) is 0 Å². The molecule has 20 heavy (non-hydrogen) atoms. The van der Waals surface area contributed by atoms with E-state index in [4.69, 9.17) is 0 Å². The van der Waals surface area contributed by atoms with Crippen LogP contribution in [0.15, 0.2) is 48.5 Å². The third-order valence-corrected chi connectivity index (χ3v) is 3.11. The van der Waals surface area contributed by atoms with Crippen LogP contribution < -0.4 is 0 Å². The molecule has 1 N–H and O–H groups in total. The first-order valence-corrected chi connectivity index (χ1v) is 8.57. The molecule has 0 aromatic heterocycles. The first-order chi connectivity index (χ1) is 9.83. The Kier molecular flexibility index (Phi) is 10.6. The van der Waals surface area contributed by atoms with Gasteiger partial charge >= 0.3 is 0 Å². The van der Waals surface area contributed by atoms with Crippen LogP contribution in [0.3, 0.4) is 0 Å². The van der Waals surface area contributed by atoms with Crippen molar-refractivity contribution in [2.45, 2.75) is 33.4 Å². The fourth-order valence-electron chi connectivity index (χ4n) is 1.77. The molecule has 0 saturated heterocycles. The molecule has 0 fully saturated rings. The van der Waals surface area contributed by atoms with E-state index < -0.39 is 0 Å². The van der Waals surface area contributed by atoms with E-state index in [2.05, 4.69) is 18.4 Å². The average molecular weight is 290 g/mol. The van der Waals surface area contributed by atoms with E-state index in [1.165, 1.54) is 5.56 Å². The molecular weight excluding hydrogens is 264 g/mol. The minimum Gasteiger partial charge on any atom is -0.507 e. The summed E-state index contributed by atoms with van der Waals surface area (Å²) >= 11 is 1.79. The van der Waals surface area contributed by atoms with Gasteiger partial charge in [-0.3, -0.25) is 0 Å². The van der Waals surface area contributed by atoms with E-state index in [1.54, 1.807) is 17.8 Å². The maximum atomic E-state index is 9.85. The summed E-state index contributed by atoms with van der Waals surface area (Å²) in [4.78, 5) is 0. The number of phenols is 1. The number of benzene rings is 2. The monoisotopic (exact) mass is 290 g/mol. The molecule has 0 saturated carbocycles. The van der Waals surface area contributed by atoms with Gasteiger partial charge in [0.05, 0.1) is 0 Å². The van der Waals surface area contributed by atoms with Crippen molar-refractivity contribution >= 4 is 11.8 Å². The normalized spacial score (nSPS) is 8.85. The molecule has 0 radical (unpaired) electrons. The Morgan fingerprint density at radius 3 is 1.85 bits per heavy atom. The van der Waals surface area contributed by atoms with Gasteiger partial charge in [0.15, 0.2) is 0 Å². The molecule has 2 rings (SSSR count). The van der Waals surface area contributed by atoms with Crippen LogP contribution in [-0.4, -0.2) is 11.4 Å². The van der Waals surface area contributed by atoms with Crippen LogP contribution in [0.25, 0.3) is 11.1 Å². The molecular formula is C18H26OS. The largest absolute Gasteiger partial charge is 0.507 e. The number of thioether (sulfide) groups is 1. The van der Waals surface area contributed by atoms with Crippen molar-refractivity contribution in [1.82, 2.24) is 0 Å². The fourth-order valence-corrected chi connectivity index (χ4v) is 2.33. The Balaban J connectivity index is 0.000000829. The second-order valence-electron chi connectivity index (χ2n) is 3.61. The Bertz CT molecular complexity index is 480. The molecule has 1 nitrogen and oxygen atoms in total. The second kappa shape index (κ2) is 11.4. The van der Waals surface area contributed by atoms with Crippen LogP contribution in [-0.2, 0) is 5.75 Å². The van der Waals surface area contributed by atoms with Gasteiger partial charge in [0.25, 0.3) is 0 Å². The minimum atomic E-state index is 0.344. The molecule has 0 aliphatic carbocycles. The predicted octanol–water partition coefficient (Wildman–Crippen LogP) is 5.97. The zero-order valence-electron chi connectivity index (χ0n) is 13.2. The number of aromatic hydroxyl groups is 1. The number of para-hydroxylation sites is 1. The smallest absolute Gasteiger partial charge is 0.123 e. The summed E-state index contributed by atoms with van der Waals surface area (Å²) in [6.45, 7) is 8.00. The molecule has 0 bridgehead atoms. The van der Waals surface area contributed by atoms with Crippen LogP contribution in [0.5, 0.6) is 5.75 Å². The van der Waals surface area contributed by atoms with E-state index in [1.807, 2.05) is 58.0 Å². The summed E-state index contributed by atoms with van der Waals surface area (Å²) in [5, 5.41) is 9.85. The van der Waals surface area contributed by atoms with Crippen molar-refractivity contribution in [1.29, 1.82) is 0 Å². The van der Waals surface area contributed by atoms with Crippen molar-refractivity contribution in [2.75, 3.05) is 6.26 Å². The predicted molar refractivity (Wildman–Crippen MR) is 93.5 cm³/mol. The van der Waals surface area contributed by atoms with Crippen molar-refractivity contribution in [3.05, 3.63) is 54.1 Å². The topological polar surface area (TPSA) is 20.2 Å². The molecule has 2 aromatic rings.